The van der Waals surface area contributed by atoms with E-state index in [1.807, 2.05) is 18.2 Å². The largest absolute Gasteiger partial charge is 0.506 e. The molecule has 1 aliphatic heterocycles. The smallest absolute Gasteiger partial charge is 0.138 e. The first-order valence-electron chi connectivity index (χ1n) is 8.50. The van der Waals surface area contributed by atoms with E-state index in [1.165, 1.54) is 5.56 Å². The molecule has 0 spiro atoms. The number of phenolic OH excluding ortho intramolecular Hbond substituents is 1. The summed E-state index contributed by atoms with van der Waals surface area (Å²) in [6.07, 6.45) is 4.27. The average Bonchev–Trinajstić information content (AvgIpc) is 2.97. The maximum absolute atomic E-state index is 10.0. The highest BCUT2D eigenvalue weighted by Gasteiger charge is 2.22. The van der Waals surface area contributed by atoms with Gasteiger partial charge in [-0.15, -0.1) is 0 Å². The van der Waals surface area contributed by atoms with Gasteiger partial charge in [0.2, 0.25) is 0 Å². The van der Waals surface area contributed by atoms with Crippen molar-refractivity contribution in [2.75, 3.05) is 31.1 Å². The summed E-state index contributed by atoms with van der Waals surface area (Å²) >= 11 is 0. The van der Waals surface area contributed by atoms with Gasteiger partial charge < -0.3 is 19.3 Å². The molecule has 0 amide bonds. The van der Waals surface area contributed by atoms with Gasteiger partial charge in [-0.1, -0.05) is 18.2 Å². The SMILES string of the molecule is Cc1ccc2nc(C[NH+]3CCN(c4ccccc4O)CC3)cn2c1. The van der Waals surface area contributed by atoms with Crippen molar-refractivity contribution < 1.29 is 10.0 Å². The second-order valence-electron chi connectivity index (χ2n) is 6.61. The lowest BCUT2D eigenvalue weighted by molar-refractivity contribution is -0.914. The molecule has 0 saturated carbocycles. The molecular formula is C19H23N4O+. The van der Waals surface area contributed by atoms with Gasteiger partial charge in [-0.05, 0) is 30.7 Å². The van der Waals surface area contributed by atoms with Gasteiger partial charge in [0.25, 0.3) is 0 Å². The number of nitrogens with one attached hydrogen (secondary N) is 1. The standard InChI is InChI=1S/C19H22N4O/c1-15-6-7-19-20-16(14-23(19)12-15)13-21-8-10-22(11-9-21)17-4-2-3-5-18(17)24/h2-7,12,14,24H,8-11,13H2,1H3/p+1. The monoisotopic (exact) mass is 323 g/mol. The minimum Gasteiger partial charge on any atom is -0.506 e. The number of aryl methyl sites for hydroxylation is 1. The van der Waals surface area contributed by atoms with Crippen LogP contribution in [0, 0.1) is 6.92 Å². The Morgan fingerprint density at radius 2 is 1.88 bits per heavy atom. The molecule has 3 aromatic rings. The lowest BCUT2D eigenvalue weighted by Crippen LogP contribution is -3.13. The molecule has 5 heteroatoms. The predicted octanol–water partition coefficient (Wildman–Crippen LogP) is 1.25. The fourth-order valence-electron chi connectivity index (χ4n) is 3.47. The van der Waals surface area contributed by atoms with E-state index in [0.717, 1.165) is 49.8 Å². The van der Waals surface area contributed by atoms with E-state index in [4.69, 9.17) is 4.98 Å². The summed E-state index contributed by atoms with van der Waals surface area (Å²) in [5.74, 6) is 0.372. The first-order chi connectivity index (χ1) is 11.7. The van der Waals surface area contributed by atoms with Crippen LogP contribution in [-0.4, -0.2) is 40.7 Å². The topological polar surface area (TPSA) is 45.2 Å². The molecule has 1 aliphatic rings. The van der Waals surface area contributed by atoms with Crippen LogP contribution in [0.3, 0.4) is 0 Å². The van der Waals surface area contributed by atoms with Gasteiger partial charge in [0.15, 0.2) is 0 Å². The second-order valence-corrected chi connectivity index (χ2v) is 6.61. The summed E-state index contributed by atoms with van der Waals surface area (Å²) in [5, 5.41) is 10.0. The molecule has 0 bridgehead atoms. The van der Waals surface area contributed by atoms with Gasteiger partial charge in [0.1, 0.15) is 23.6 Å². The molecule has 2 N–H and O–H groups in total. The molecule has 24 heavy (non-hydrogen) atoms. The van der Waals surface area contributed by atoms with Crippen LogP contribution in [0.25, 0.3) is 5.65 Å². The Morgan fingerprint density at radius 3 is 2.67 bits per heavy atom. The number of quaternary nitrogens is 1. The fraction of sp³-hybridized carbons (Fsp3) is 0.316. The molecule has 1 fully saturated rings. The number of hydrogen-bond acceptors (Lipinski definition) is 3. The number of aromatic nitrogens is 2. The highest BCUT2D eigenvalue weighted by molar-refractivity contribution is 5.57. The van der Waals surface area contributed by atoms with Crippen LogP contribution in [0.4, 0.5) is 5.69 Å². The molecule has 0 unspecified atom stereocenters. The summed E-state index contributed by atoms with van der Waals surface area (Å²) < 4.78 is 2.11. The molecule has 2 aromatic heterocycles. The van der Waals surface area contributed by atoms with Crippen LogP contribution < -0.4 is 9.80 Å². The fourth-order valence-corrected chi connectivity index (χ4v) is 3.47. The van der Waals surface area contributed by atoms with E-state index in [9.17, 15) is 5.11 Å². The lowest BCUT2D eigenvalue weighted by Gasteiger charge is -2.33. The number of imidazole rings is 1. The summed E-state index contributed by atoms with van der Waals surface area (Å²) in [4.78, 5) is 8.54. The van der Waals surface area contributed by atoms with E-state index >= 15 is 0 Å². The summed E-state index contributed by atoms with van der Waals surface area (Å²) in [5.41, 5.74) is 4.35. The van der Waals surface area contributed by atoms with Crippen molar-refractivity contribution in [3.63, 3.8) is 0 Å². The van der Waals surface area contributed by atoms with E-state index in [-0.39, 0.29) is 0 Å². The zero-order valence-corrected chi connectivity index (χ0v) is 13.9. The third kappa shape index (κ3) is 2.95. The minimum absolute atomic E-state index is 0.372. The van der Waals surface area contributed by atoms with Crippen molar-refractivity contribution in [1.29, 1.82) is 0 Å². The number of anilines is 1. The van der Waals surface area contributed by atoms with E-state index < -0.39 is 0 Å². The van der Waals surface area contributed by atoms with Crippen LogP contribution >= 0.6 is 0 Å². The quantitative estimate of drug-likeness (QED) is 0.763. The normalized spacial score (nSPS) is 16.0. The molecule has 0 radical (unpaired) electrons. The average molecular weight is 323 g/mol. The number of pyridine rings is 1. The summed E-state index contributed by atoms with van der Waals surface area (Å²) in [6, 6.07) is 11.8. The second kappa shape index (κ2) is 6.17. The maximum Gasteiger partial charge on any atom is 0.138 e. The Morgan fingerprint density at radius 1 is 1.08 bits per heavy atom. The number of benzene rings is 1. The first kappa shape index (κ1) is 15.0. The third-order valence-corrected chi connectivity index (χ3v) is 4.77. The van der Waals surface area contributed by atoms with Crippen molar-refractivity contribution in [2.24, 2.45) is 0 Å². The van der Waals surface area contributed by atoms with Crippen molar-refractivity contribution in [1.82, 2.24) is 9.38 Å². The van der Waals surface area contributed by atoms with Crippen LogP contribution in [0.15, 0.2) is 48.8 Å². The van der Waals surface area contributed by atoms with Gasteiger partial charge >= 0.3 is 0 Å². The van der Waals surface area contributed by atoms with Crippen LogP contribution in [0.1, 0.15) is 11.3 Å². The number of nitrogens with zero attached hydrogens (tertiary/aromatic N) is 3. The molecule has 0 aliphatic carbocycles. The summed E-state index contributed by atoms with van der Waals surface area (Å²) in [6.45, 7) is 7.08. The molecule has 124 valence electrons. The predicted molar refractivity (Wildman–Crippen MR) is 94.6 cm³/mol. The van der Waals surface area contributed by atoms with Crippen LogP contribution in [0.2, 0.25) is 0 Å². The van der Waals surface area contributed by atoms with Crippen molar-refractivity contribution in [3.05, 3.63) is 60.0 Å². The molecule has 3 heterocycles. The van der Waals surface area contributed by atoms with Crippen molar-refractivity contribution in [3.8, 4) is 5.75 Å². The molecular weight excluding hydrogens is 300 g/mol. The number of fused-ring (bicyclic) bond motifs is 1. The highest BCUT2D eigenvalue weighted by atomic mass is 16.3. The van der Waals surface area contributed by atoms with Gasteiger partial charge in [0.05, 0.1) is 31.9 Å². The number of rotatable bonds is 3. The van der Waals surface area contributed by atoms with Gasteiger partial charge in [-0.3, -0.25) is 0 Å². The highest BCUT2D eigenvalue weighted by Crippen LogP contribution is 2.25. The molecule has 4 rings (SSSR count). The van der Waals surface area contributed by atoms with Gasteiger partial charge in [-0.25, -0.2) is 4.98 Å². The Balaban J connectivity index is 1.41. The number of phenols is 1. The number of piperazine rings is 1. The molecule has 0 atom stereocenters. The van der Waals surface area contributed by atoms with E-state index in [1.54, 1.807) is 11.0 Å². The molecule has 1 aromatic carbocycles. The minimum atomic E-state index is 0.372. The Hall–Kier alpha value is -2.53. The summed E-state index contributed by atoms with van der Waals surface area (Å²) in [7, 11) is 0. The Kier molecular flexibility index (Phi) is 3.86. The number of aromatic hydroxyl groups is 1. The molecule has 5 nitrogen and oxygen atoms in total. The van der Waals surface area contributed by atoms with Crippen molar-refractivity contribution >= 4 is 11.3 Å². The Labute approximate surface area is 141 Å². The van der Waals surface area contributed by atoms with E-state index in [0.29, 0.717) is 5.75 Å². The number of hydrogen-bond donors (Lipinski definition) is 2. The lowest BCUT2D eigenvalue weighted by atomic mass is 10.2. The Bertz CT molecular complexity index is 849. The van der Waals surface area contributed by atoms with Gasteiger partial charge in [-0.2, -0.15) is 0 Å². The van der Waals surface area contributed by atoms with Crippen LogP contribution in [-0.2, 0) is 6.54 Å². The maximum atomic E-state index is 10.0. The third-order valence-electron chi connectivity index (χ3n) is 4.77. The van der Waals surface area contributed by atoms with Crippen molar-refractivity contribution in [2.45, 2.75) is 13.5 Å². The van der Waals surface area contributed by atoms with Crippen LogP contribution in [0.5, 0.6) is 5.75 Å². The van der Waals surface area contributed by atoms with E-state index in [2.05, 4.69) is 40.8 Å². The number of para-hydroxylation sites is 2. The zero-order chi connectivity index (χ0) is 16.5. The van der Waals surface area contributed by atoms with Gasteiger partial charge in [0, 0.05) is 12.4 Å². The molecule has 1 saturated heterocycles. The first-order valence-corrected chi connectivity index (χ1v) is 8.50. The zero-order valence-electron chi connectivity index (χ0n) is 13.9.